The zero-order valence-electron chi connectivity index (χ0n) is 10.8. The van der Waals surface area contributed by atoms with Gasteiger partial charge in [-0.2, -0.15) is 0 Å². The summed E-state index contributed by atoms with van der Waals surface area (Å²) in [6, 6.07) is 11.8. The van der Waals surface area contributed by atoms with Crippen LogP contribution in [0.4, 0.5) is 0 Å². The highest BCUT2D eigenvalue weighted by Gasteiger charge is 2.27. The molecule has 0 spiro atoms. The Bertz CT molecular complexity index is 716. The Labute approximate surface area is 115 Å². The maximum absolute atomic E-state index is 12.2. The van der Waals surface area contributed by atoms with Crippen LogP contribution in [0.5, 0.6) is 17.2 Å². The van der Waals surface area contributed by atoms with Crippen molar-refractivity contribution < 1.29 is 19.4 Å². The number of ketones is 1. The standard InChI is InChI=1S/C16H12O4/c1-19-12-4-2-3-10(7-12)8-15-16(18)13-6-5-11(17)9-14(13)20-15/h2-9,17H,1H3/b15-8-. The predicted octanol–water partition coefficient (Wildman–Crippen LogP) is 3.02. The summed E-state index contributed by atoms with van der Waals surface area (Å²) in [5.41, 5.74) is 1.27. The molecule has 0 bridgehead atoms. The van der Waals surface area contributed by atoms with E-state index < -0.39 is 0 Å². The van der Waals surface area contributed by atoms with Crippen molar-refractivity contribution in [3.05, 3.63) is 59.4 Å². The SMILES string of the molecule is COc1cccc(/C=C2\Oc3cc(O)ccc3C2=O)c1. The van der Waals surface area contributed by atoms with Gasteiger partial charge in [0.15, 0.2) is 5.76 Å². The molecule has 4 heteroatoms. The lowest BCUT2D eigenvalue weighted by Gasteiger charge is -2.01. The van der Waals surface area contributed by atoms with E-state index in [9.17, 15) is 9.90 Å². The van der Waals surface area contributed by atoms with Gasteiger partial charge in [-0.05, 0) is 35.9 Å². The third kappa shape index (κ3) is 2.12. The Hall–Kier alpha value is -2.75. The molecule has 0 saturated heterocycles. The number of allylic oxidation sites excluding steroid dienone is 1. The van der Waals surface area contributed by atoms with Crippen molar-refractivity contribution in [1.29, 1.82) is 0 Å². The van der Waals surface area contributed by atoms with Gasteiger partial charge in [-0.1, -0.05) is 12.1 Å². The van der Waals surface area contributed by atoms with E-state index >= 15 is 0 Å². The van der Waals surface area contributed by atoms with Crippen LogP contribution in [0.1, 0.15) is 15.9 Å². The van der Waals surface area contributed by atoms with E-state index in [-0.39, 0.29) is 17.3 Å². The Balaban J connectivity index is 1.96. The molecule has 0 aromatic heterocycles. The maximum atomic E-state index is 12.2. The number of rotatable bonds is 2. The normalized spacial score (nSPS) is 15.1. The average Bonchev–Trinajstić information content (AvgIpc) is 2.75. The summed E-state index contributed by atoms with van der Waals surface area (Å²) in [6.45, 7) is 0. The van der Waals surface area contributed by atoms with Crippen molar-refractivity contribution in [2.45, 2.75) is 0 Å². The zero-order chi connectivity index (χ0) is 14.1. The van der Waals surface area contributed by atoms with Crippen LogP contribution < -0.4 is 9.47 Å². The minimum absolute atomic E-state index is 0.0687. The first-order valence-corrected chi connectivity index (χ1v) is 6.09. The average molecular weight is 268 g/mol. The Morgan fingerprint density at radius 2 is 2.05 bits per heavy atom. The molecule has 1 aliphatic rings. The monoisotopic (exact) mass is 268 g/mol. The number of phenols is 1. The number of Topliss-reactive ketones (excluding diaryl/α,β-unsaturated/α-hetero) is 1. The number of aromatic hydroxyl groups is 1. The fraction of sp³-hybridized carbons (Fsp3) is 0.0625. The number of methoxy groups -OCH3 is 1. The first kappa shape index (κ1) is 12.3. The molecule has 2 aromatic rings. The second-order valence-electron chi connectivity index (χ2n) is 4.40. The van der Waals surface area contributed by atoms with E-state index in [1.54, 1.807) is 19.3 Å². The number of phenolic OH excluding ortho intramolecular Hbond substituents is 1. The number of carbonyl (C=O) groups is 1. The minimum atomic E-state index is -0.192. The molecular formula is C16H12O4. The number of carbonyl (C=O) groups excluding carboxylic acids is 1. The molecule has 1 N–H and O–H groups in total. The zero-order valence-corrected chi connectivity index (χ0v) is 10.8. The van der Waals surface area contributed by atoms with Crippen LogP contribution in [0.15, 0.2) is 48.2 Å². The predicted molar refractivity (Wildman–Crippen MR) is 74.0 cm³/mol. The van der Waals surface area contributed by atoms with Crippen molar-refractivity contribution in [2.24, 2.45) is 0 Å². The molecule has 3 rings (SSSR count). The topological polar surface area (TPSA) is 55.8 Å². The first-order valence-electron chi connectivity index (χ1n) is 6.09. The molecule has 0 fully saturated rings. The fourth-order valence-corrected chi connectivity index (χ4v) is 2.06. The molecule has 0 aliphatic carbocycles. The fourth-order valence-electron chi connectivity index (χ4n) is 2.06. The lowest BCUT2D eigenvalue weighted by molar-refractivity contribution is 0.101. The molecule has 4 nitrogen and oxygen atoms in total. The van der Waals surface area contributed by atoms with E-state index in [4.69, 9.17) is 9.47 Å². The van der Waals surface area contributed by atoms with E-state index in [1.165, 1.54) is 12.1 Å². The van der Waals surface area contributed by atoms with Crippen LogP contribution in [-0.4, -0.2) is 18.0 Å². The summed E-state index contributed by atoms with van der Waals surface area (Å²) in [4.78, 5) is 12.2. The molecule has 0 saturated carbocycles. The van der Waals surface area contributed by atoms with Gasteiger partial charge < -0.3 is 14.6 Å². The van der Waals surface area contributed by atoms with Crippen molar-refractivity contribution >= 4 is 11.9 Å². The smallest absolute Gasteiger partial charge is 0.231 e. The highest BCUT2D eigenvalue weighted by molar-refractivity contribution is 6.14. The van der Waals surface area contributed by atoms with Crippen LogP contribution in [0.2, 0.25) is 0 Å². The van der Waals surface area contributed by atoms with Gasteiger partial charge in [0.05, 0.1) is 12.7 Å². The van der Waals surface area contributed by atoms with Crippen LogP contribution in [0, 0.1) is 0 Å². The number of ether oxygens (including phenoxy) is 2. The molecule has 100 valence electrons. The van der Waals surface area contributed by atoms with Gasteiger partial charge >= 0.3 is 0 Å². The molecule has 0 atom stereocenters. The number of hydrogen-bond donors (Lipinski definition) is 1. The summed E-state index contributed by atoms with van der Waals surface area (Å²) < 4.78 is 10.6. The Morgan fingerprint density at radius 1 is 1.20 bits per heavy atom. The number of fused-ring (bicyclic) bond motifs is 1. The number of hydrogen-bond acceptors (Lipinski definition) is 4. The van der Waals surface area contributed by atoms with Crippen molar-refractivity contribution in [3.8, 4) is 17.2 Å². The lowest BCUT2D eigenvalue weighted by atomic mass is 10.1. The molecule has 2 aromatic carbocycles. The summed E-state index contributed by atoms with van der Waals surface area (Å²) in [5, 5.41) is 9.40. The molecule has 20 heavy (non-hydrogen) atoms. The largest absolute Gasteiger partial charge is 0.508 e. The van der Waals surface area contributed by atoms with Crippen molar-refractivity contribution in [1.82, 2.24) is 0 Å². The van der Waals surface area contributed by atoms with Gasteiger partial charge in [0.25, 0.3) is 0 Å². The van der Waals surface area contributed by atoms with Crippen LogP contribution >= 0.6 is 0 Å². The maximum Gasteiger partial charge on any atom is 0.231 e. The van der Waals surface area contributed by atoms with E-state index in [1.807, 2.05) is 24.3 Å². The highest BCUT2D eigenvalue weighted by atomic mass is 16.5. The second-order valence-corrected chi connectivity index (χ2v) is 4.40. The summed E-state index contributed by atoms with van der Waals surface area (Å²) in [5.74, 6) is 1.20. The van der Waals surface area contributed by atoms with Crippen molar-refractivity contribution in [3.63, 3.8) is 0 Å². The van der Waals surface area contributed by atoms with Gasteiger partial charge in [0.1, 0.15) is 17.2 Å². The van der Waals surface area contributed by atoms with E-state index in [0.29, 0.717) is 17.1 Å². The summed E-state index contributed by atoms with van der Waals surface area (Å²) in [6.07, 6.45) is 1.65. The lowest BCUT2D eigenvalue weighted by Crippen LogP contribution is -1.98. The molecule has 0 amide bonds. The third-order valence-corrected chi connectivity index (χ3v) is 3.05. The third-order valence-electron chi connectivity index (χ3n) is 3.05. The molecule has 0 unspecified atom stereocenters. The van der Waals surface area contributed by atoms with Crippen LogP contribution in [0.3, 0.4) is 0 Å². The van der Waals surface area contributed by atoms with E-state index in [2.05, 4.69) is 0 Å². The summed E-state index contributed by atoms with van der Waals surface area (Å²) in [7, 11) is 1.59. The van der Waals surface area contributed by atoms with Gasteiger partial charge in [-0.15, -0.1) is 0 Å². The van der Waals surface area contributed by atoms with E-state index in [0.717, 1.165) is 5.56 Å². The number of benzene rings is 2. The van der Waals surface area contributed by atoms with Crippen LogP contribution in [-0.2, 0) is 0 Å². The Morgan fingerprint density at radius 3 is 2.85 bits per heavy atom. The van der Waals surface area contributed by atoms with Crippen LogP contribution in [0.25, 0.3) is 6.08 Å². The quantitative estimate of drug-likeness (QED) is 0.851. The molecular weight excluding hydrogens is 256 g/mol. The summed E-state index contributed by atoms with van der Waals surface area (Å²) >= 11 is 0. The van der Waals surface area contributed by atoms with Gasteiger partial charge in [0.2, 0.25) is 5.78 Å². The van der Waals surface area contributed by atoms with Crippen molar-refractivity contribution in [2.75, 3.05) is 7.11 Å². The Kier molecular flexibility index (Phi) is 2.91. The molecule has 1 heterocycles. The van der Waals surface area contributed by atoms with Gasteiger partial charge in [0, 0.05) is 6.07 Å². The minimum Gasteiger partial charge on any atom is -0.508 e. The second kappa shape index (κ2) is 4.74. The molecule has 1 aliphatic heterocycles. The highest BCUT2D eigenvalue weighted by Crippen LogP contribution is 2.34. The van der Waals surface area contributed by atoms with Gasteiger partial charge in [-0.25, -0.2) is 0 Å². The first-order chi connectivity index (χ1) is 9.67. The van der Waals surface area contributed by atoms with Gasteiger partial charge in [-0.3, -0.25) is 4.79 Å². The molecule has 0 radical (unpaired) electrons.